The van der Waals surface area contributed by atoms with Gasteiger partial charge in [-0.1, -0.05) is 0 Å². The molecule has 0 atom stereocenters. The molecule has 0 radical (unpaired) electrons. The molecule has 0 saturated carbocycles. The van der Waals surface area contributed by atoms with E-state index in [1.807, 2.05) is 6.07 Å². The minimum atomic E-state index is 0. The summed E-state index contributed by atoms with van der Waals surface area (Å²) in [5, 5.41) is 0.303. The first-order valence-electron chi connectivity index (χ1n) is 4.75. The Labute approximate surface area is 100 Å². The van der Waals surface area contributed by atoms with Gasteiger partial charge < -0.3 is 10.6 Å². The van der Waals surface area contributed by atoms with Gasteiger partial charge in [0.2, 0.25) is 5.28 Å². The Morgan fingerprint density at radius 3 is 2.67 bits per heavy atom. The Morgan fingerprint density at radius 2 is 2.07 bits per heavy atom. The molecule has 1 aromatic heterocycles. The first kappa shape index (κ1) is 12.5. The summed E-state index contributed by atoms with van der Waals surface area (Å²) in [6.45, 7) is 1.91. The number of aromatic nitrogens is 2. The van der Waals surface area contributed by atoms with Crippen molar-refractivity contribution in [1.82, 2.24) is 9.97 Å². The lowest BCUT2D eigenvalue weighted by Gasteiger charge is -2.30. The third-order valence-electron chi connectivity index (χ3n) is 2.48. The van der Waals surface area contributed by atoms with Crippen LogP contribution in [0.1, 0.15) is 12.8 Å². The van der Waals surface area contributed by atoms with Crippen molar-refractivity contribution >= 4 is 29.8 Å². The van der Waals surface area contributed by atoms with E-state index in [9.17, 15) is 0 Å². The van der Waals surface area contributed by atoms with Crippen molar-refractivity contribution in [2.75, 3.05) is 18.0 Å². The zero-order chi connectivity index (χ0) is 9.97. The highest BCUT2D eigenvalue weighted by Crippen LogP contribution is 2.17. The summed E-state index contributed by atoms with van der Waals surface area (Å²) in [7, 11) is 0. The van der Waals surface area contributed by atoms with E-state index in [0.29, 0.717) is 11.3 Å². The third kappa shape index (κ3) is 3.19. The molecule has 84 valence electrons. The Hall–Kier alpha value is -0.580. The van der Waals surface area contributed by atoms with E-state index in [0.717, 1.165) is 31.7 Å². The lowest BCUT2D eigenvalue weighted by Crippen LogP contribution is -2.40. The molecule has 15 heavy (non-hydrogen) atoms. The maximum Gasteiger partial charge on any atom is 0.224 e. The normalized spacial score (nSPS) is 17.3. The average molecular weight is 249 g/mol. The zero-order valence-corrected chi connectivity index (χ0v) is 9.84. The van der Waals surface area contributed by atoms with Crippen molar-refractivity contribution in [3.8, 4) is 0 Å². The molecule has 2 N–H and O–H groups in total. The monoisotopic (exact) mass is 248 g/mol. The van der Waals surface area contributed by atoms with Crippen LogP contribution in [-0.4, -0.2) is 29.1 Å². The largest absolute Gasteiger partial charge is 0.356 e. The number of hydrogen-bond donors (Lipinski definition) is 1. The Morgan fingerprint density at radius 1 is 1.40 bits per heavy atom. The molecule has 0 spiro atoms. The standard InChI is InChI=1S/C9H13ClN4.ClH/c10-9-12-4-1-8(13-9)14-5-2-7(11)3-6-14;/h1,4,7H,2-3,5-6,11H2;1H. The molecule has 2 rings (SSSR count). The first-order chi connectivity index (χ1) is 6.75. The van der Waals surface area contributed by atoms with Gasteiger partial charge in [0, 0.05) is 25.3 Å². The minimum absolute atomic E-state index is 0. The maximum atomic E-state index is 5.82. The summed E-state index contributed by atoms with van der Waals surface area (Å²) in [5.41, 5.74) is 5.82. The molecule has 1 aliphatic rings. The van der Waals surface area contributed by atoms with E-state index in [4.69, 9.17) is 17.3 Å². The summed E-state index contributed by atoms with van der Waals surface area (Å²) in [6.07, 6.45) is 3.71. The van der Waals surface area contributed by atoms with Crippen LogP contribution in [0.3, 0.4) is 0 Å². The number of anilines is 1. The van der Waals surface area contributed by atoms with Gasteiger partial charge in [0.1, 0.15) is 5.82 Å². The summed E-state index contributed by atoms with van der Waals surface area (Å²) in [4.78, 5) is 10.2. The molecule has 1 aromatic rings. The molecule has 6 heteroatoms. The molecular formula is C9H14Cl2N4. The summed E-state index contributed by atoms with van der Waals surface area (Å²) < 4.78 is 0. The van der Waals surface area contributed by atoms with Crippen molar-refractivity contribution in [3.05, 3.63) is 17.5 Å². The Kier molecular flexibility index (Phi) is 4.57. The smallest absolute Gasteiger partial charge is 0.224 e. The molecule has 0 aromatic carbocycles. The van der Waals surface area contributed by atoms with Gasteiger partial charge in [-0.25, -0.2) is 9.97 Å². The molecule has 4 nitrogen and oxygen atoms in total. The topological polar surface area (TPSA) is 55.0 Å². The molecule has 1 saturated heterocycles. The fraction of sp³-hybridized carbons (Fsp3) is 0.556. The quantitative estimate of drug-likeness (QED) is 0.766. The number of rotatable bonds is 1. The second-order valence-corrected chi connectivity index (χ2v) is 3.85. The molecule has 0 amide bonds. The van der Waals surface area contributed by atoms with Crippen LogP contribution in [0.4, 0.5) is 5.82 Å². The predicted molar refractivity (Wildman–Crippen MR) is 63.7 cm³/mol. The van der Waals surface area contributed by atoms with Crippen LogP contribution in [-0.2, 0) is 0 Å². The maximum absolute atomic E-state index is 5.82. The van der Waals surface area contributed by atoms with E-state index in [1.165, 1.54) is 0 Å². The SMILES string of the molecule is Cl.NC1CCN(c2ccnc(Cl)n2)CC1. The average Bonchev–Trinajstić information content (AvgIpc) is 2.19. The van der Waals surface area contributed by atoms with Crippen LogP contribution in [0.25, 0.3) is 0 Å². The molecule has 2 heterocycles. The van der Waals surface area contributed by atoms with Gasteiger partial charge >= 0.3 is 0 Å². The van der Waals surface area contributed by atoms with Crippen molar-refractivity contribution < 1.29 is 0 Å². The predicted octanol–water partition coefficient (Wildman–Crippen LogP) is 1.48. The molecule has 1 fully saturated rings. The highest BCUT2D eigenvalue weighted by Gasteiger charge is 2.17. The van der Waals surface area contributed by atoms with E-state index in [1.54, 1.807) is 6.20 Å². The lowest BCUT2D eigenvalue weighted by molar-refractivity contribution is 0.498. The molecule has 0 bridgehead atoms. The van der Waals surface area contributed by atoms with Crippen LogP contribution in [0.15, 0.2) is 12.3 Å². The van der Waals surface area contributed by atoms with Gasteiger partial charge in [-0.2, -0.15) is 0 Å². The minimum Gasteiger partial charge on any atom is -0.356 e. The van der Waals surface area contributed by atoms with Gasteiger partial charge in [-0.15, -0.1) is 12.4 Å². The summed E-state index contributed by atoms with van der Waals surface area (Å²) >= 11 is 5.72. The first-order valence-corrected chi connectivity index (χ1v) is 5.12. The summed E-state index contributed by atoms with van der Waals surface area (Å²) in [5.74, 6) is 0.900. The van der Waals surface area contributed by atoms with E-state index in [-0.39, 0.29) is 12.4 Å². The third-order valence-corrected chi connectivity index (χ3v) is 2.66. The van der Waals surface area contributed by atoms with E-state index in [2.05, 4.69) is 14.9 Å². The molecule has 0 unspecified atom stereocenters. The van der Waals surface area contributed by atoms with Gasteiger partial charge in [0.05, 0.1) is 0 Å². The van der Waals surface area contributed by atoms with E-state index < -0.39 is 0 Å². The fourth-order valence-electron chi connectivity index (χ4n) is 1.63. The molecule has 1 aliphatic heterocycles. The zero-order valence-electron chi connectivity index (χ0n) is 8.27. The van der Waals surface area contributed by atoms with Gasteiger partial charge in [0.25, 0.3) is 0 Å². The highest BCUT2D eigenvalue weighted by molar-refractivity contribution is 6.28. The van der Waals surface area contributed by atoms with Crippen LogP contribution < -0.4 is 10.6 Å². The number of piperidine rings is 1. The van der Waals surface area contributed by atoms with Gasteiger partial charge in [-0.3, -0.25) is 0 Å². The molecular weight excluding hydrogens is 235 g/mol. The van der Waals surface area contributed by atoms with Crippen LogP contribution in [0.2, 0.25) is 5.28 Å². The van der Waals surface area contributed by atoms with Gasteiger partial charge in [0.15, 0.2) is 0 Å². The summed E-state index contributed by atoms with van der Waals surface area (Å²) in [6, 6.07) is 2.21. The number of hydrogen-bond acceptors (Lipinski definition) is 4. The second kappa shape index (κ2) is 5.49. The van der Waals surface area contributed by atoms with E-state index >= 15 is 0 Å². The molecule has 0 aliphatic carbocycles. The highest BCUT2D eigenvalue weighted by atomic mass is 35.5. The van der Waals surface area contributed by atoms with Crippen LogP contribution >= 0.6 is 24.0 Å². The number of nitrogens with two attached hydrogens (primary N) is 1. The van der Waals surface area contributed by atoms with Crippen molar-refractivity contribution in [2.45, 2.75) is 18.9 Å². The number of nitrogens with zero attached hydrogens (tertiary/aromatic N) is 3. The van der Waals surface area contributed by atoms with Gasteiger partial charge in [-0.05, 0) is 30.5 Å². The van der Waals surface area contributed by atoms with Crippen molar-refractivity contribution in [3.63, 3.8) is 0 Å². The van der Waals surface area contributed by atoms with Crippen molar-refractivity contribution in [2.24, 2.45) is 5.73 Å². The fourth-order valence-corrected chi connectivity index (χ4v) is 1.77. The Balaban J connectivity index is 0.00000112. The van der Waals surface area contributed by atoms with Crippen LogP contribution in [0, 0.1) is 0 Å². The van der Waals surface area contributed by atoms with Crippen molar-refractivity contribution in [1.29, 1.82) is 0 Å². The Bertz CT molecular complexity index is 313. The number of halogens is 2. The second-order valence-electron chi connectivity index (χ2n) is 3.51. The van der Waals surface area contributed by atoms with Crippen LogP contribution in [0.5, 0.6) is 0 Å². The lowest BCUT2D eigenvalue weighted by atomic mass is 10.1.